The second kappa shape index (κ2) is 3.10. The van der Waals surface area contributed by atoms with Gasteiger partial charge in [-0.15, -0.1) is 0 Å². The number of rotatable bonds is 1. The molecule has 0 aliphatic rings. The topological polar surface area (TPSA) is 17.1 Å². The van der Waals surface area contributed by atoms with E-state index in [0.717, 1.165) is 0 Å². The zero-order valence-corrected chi connectivity index (χ0v) is 5.57. The summed E-state index contributed by atoms with van der Waals surface area (Å²) in [5.41, 5.74) is -1.10. The third-order valence-electron chi connectivity index (χ3n) is 0.144. The Morgan fingerprint density at radius 1 is 2.00 bits per heavy atom. The van der Waals surface area contributed by atoms with E-state index >= 15 is 0 Å². The summed E-state index contributed by atoms with van der Waals surface area (Å²) in [5, 5.41) is 0. The summed E-state index contributed by atoms with van der Waals surface area (Å²) in [5.74, 6) is 0. The molecule has 0 bridgehead atoms. The predicted molar refractivity (Wildman–Crippen MR) is 32.2 cm³/mol. The van der Waals surface area contributed by atoms with Gasteiger partial charge in [0.05, 0.1) is 0 Å². The highest BCUT2D eigenvalue weighted by Crippen LogP contribution is 2.27. The molecular weight excluding hydrogens is 197 g/mol. The van der Waals surface area contributed by atoms with Gasteiger partial charge in [0.15, 0.2) is 0 Å². The molecule has 1 nitrogen and oxygen atoms in total. The Labute approximate surface area is 46.2 Å². The number of hydrogen-bond acceptors (Lipinski definition) is 1. The quantitative estimate of drug-likeness (QED) is 0.353. The minimum absolute atomic E-state index is 0.301. The maximum Gasteiger partial charge on any atom is 0.394 e. The lowest BCUT2D eigenvalue weighted by atomic mass is 10.2. The molecule has 0 aliphatic heterocycles. The Morgan fingerprint density at radius 3 is 2.20 bits per heavy atom. The van der Waals surface area contributed by atoms with E-state index in [9.17, 15) is 4.57 Å². The van der Waals surface area contributed by atoms with Crippen LogP contribution in [-0.2, 0) is 4.57 Å². The minimum Gasteiger partial charge on any atom is -0.0647 e. The van der Waals surface area contributed by atoms with Gasteiger partial charge < -0.3 is 0 Å². The van der Waals surface area contributed by atoms with Gasteiger partial charge in [-0.2, -0.15) is 0 Å². The van der Waals surface area contributed by atoms with Crippen molar-refractivity contribution in [2.45, 2.75) is 0 Å². The molecule has 0 saturated heterocycles. The Kier molecular flexibility index (Phi) is 3.65. The predicted octanol–water partition coefficient (Wildman–Crippen LogP) is 1.29. The van der Waals surface area contributed by atoms with E-state index in [0.29, 0.717) is 6.06 Å². The van der Waals surface area contributed by atoms with Crippen molar-refractivity contribution < 1.29 is 4.57 Å². The van der Waals surface area contributed by atoms with E-state index < -0.39 is 5.44 Å². The fourth-order valence-electron chi connectivity index (χ4n) is 0. The van der Waals surface area contributed by atoms with Crippen molar-refractivity contribution in [1.29, 1.82) is 0 Å². The van der Waals surface area contributed by atoms with Crippen LogP contribution in [0.5, 0.6) is 0 Å². The smallest absolute Gasteiger partial charge is 0.0647 e. The molecular formula is CH2BIOP+. The maximum absolute atomic E-state index is 9.82. The molecule has 26 valence electrons. The molecule has 0 rings (SSSR count). The van der Waals surface area contributed by atoms with Crippen LogP contribution in [0.15, 0.2) is 0 Å². The summed E-state index contributed by atoms with van der Waals surface area (Å²) in [6, 6.07) is 0.301. The van der Waals surface area contributed by atoms with E-state index in [1.165, 1.54) is 0 Å². The maximum atomic E-state index is 9.82. The fraction of sp³-hybridized carbons (Fsp3) is 1.00. The van der Waals surface area contributed by atoms with Gasteiger partial charge in [0.2, 0.25) is 0 Å². The Morgan fingerprint density at radius 2 is 2.20 bits per heavy atom. The van der Waals surface area contributed by atoms with E-state index in [2.05, 4.69) is 0 Å². The summed E-state index contributed by atoms with van der Waals surface area (Å²) in [7, 11) is 4.88. The van der Waals surface area contributed by atoms with Crippen molar-refractivity contribution in [3.8, 4) is 0 Å². The van der Waals surface area contributed by atoms with E-state index in [1.54, 1.807) is 22.0 Å². The lowest BCUT2D eigenvalue weighted by molar-refractivity contribution is 0.599. The Hall–Kier alpha value is 0.895. The lowest BCUT2D eigenvalue weighted by Gasteiger charge is -1.50. The summed E-state index contributed by atoms with van der Waals surface area (Å²) in [6.07, 6.45) is 0. The zero-order valence-electron chi connectivity index (χ0n) is 2.52. The fourth-order valence-corrected chi connectivity index (χ4v) is 0. The van der Waals surface area contributed by atoms with Crippen molar-refractivity contribution in [3.05, 3.63) is 0 Å². The monoisotopic (exact) mass is 199 g/mol. The molecule has 4 heteroatoms. The third-order valence-corrected chi connectivity index (χ3v) is 1.61. The van der Waals surface area contributed by atoms with Gasteiger partial charge in [-0.1, -0.05) is 4.57 Å². The Balaban J connectivity index is 2.85. The van der Waals surface area contributed by atoms with Crippen molar-refractivity contribution in [3.63, 3.8) is 0 Å². The first kappa shape index (κ1) is 5.89. The van der Waals surface area contributed by atoms with Crippen molar-refractivity contribution >= 4 is 35.3 Å². The molecule has 0 heterocycles. The van der Waals surface area contributed by atoms with Gasteiger partial charge in [-0.05, 0) is 0 Å². The molecule has 5 heavy (non-hydrogen) atoms. The molecule has 1 atom stereocenters. The summed E-state index contributed by atoms with van der Waals surface area (Å²) >= 11 is 1.79. The summed E-state index contributed by atoms with van der Waals surface area (Å²) in [4.78, 5) is 0. The average molecular weight is 199 g/mol. The van der Waals surface area contributed by atoms with Gasteiger partial charge in [-0.25, -0.2) is 0 Å². The van der Waals surface area contributed by atoms with E-state index in [1.807, 2.05) is 0 Å². The first-order valence-corrected chi connectivity index (χ1v) is 5.31. The SMILES string of the molecule is [B]C[P+](=O)I. The van der Waals surface area contributed by atoms with Crippen LogP contribution < -0.4 is 0 Å². The highest BCUT2D eigenvalue weighted by atomic mass is 127. The third kappa shape index (κ3) is 4.89. The van der Waals surface area contributed by atoms with E-state index in [4.69, 9.17) is 7.85 Å². The number of hydrogen-bond donors (Lipinski definition) is 0. The average Bonchev–Trinajstić information content (AvgIpc) is 1.38. The van der Waals surface area contributed by atoms with Gasteiger partial charge in [0.1, 0.15) is 13.9 Å². The van der Waals surface area contributed by atoms with Crippen LogP contribution in [-0.4, -0.2) is 13.9 Å². The van der Waals surface area contributed by atoms with Crippen LogP contribution >= 0.6 is 27.5 Å². The molecule has 0 saturated carbocycles. The van der Waals surface area contributed by atoms with E-state index in [-0.39, 0.29) is 0 Å². The van der Waals surface area contributed by atoms with Gasteiger partial charge in [0, 0.05) is 0 Å². The van der Waals surface area contributed by atoms with Crippen LogP contribution in [0.25, 0.3) is 0 Å². The van der Waals surface area contributed by atoms with Gasteiger partial charge in [0.25, 0.3) is 22.0 Å². The highest BCUT2D eigenvalue weighted by molar-refractivity contribution is 14.2. The molecule has 0 fully saturated rings. The highest BCUT2D eigenvalue weighted by Gasteiger charge is 1.98. The first-order chi connectivity index (χ1) is 2.27. The molecule has 0 spiro atoms. The normalized spacial score (nSPS) is 11.0. The zero-order chi connectivity index (χ0) is 4.28. The van der Waals surface area contributed by atoms with Crippen LogP contribution in [0.3, 0.4) is 0 Å². The molecule has 1 unspecified atom stereocenters. The summed E-state index contributed by atoms with van der Waals surface area (Å²) in [6.45, 7) is 0. The minimum atomic E-state index is -1.10. The molecule has 2 radical (unpaired) electrons. The lowest BCUT2D eigenvalue weighted by Crippen LogP contribution is -1.60. The summed E-state index contributed by atoms with van der Waals surface area (Å²) < 4.78 is 9.82. The first-order valence-electron chi connectivity index (χ1n) is 1.08. The van der Waals surface area contributed by atoms with Crippen LogP contribution in [0.1, 0.15) is 0 Å². The van der Waals surface area contributed by atoms with Crippen molar-refractivity contribution in [2.75, 3.05) is 6.06 Å². The molecule has 0 aliphatic carbocycles. The van der Waals surface area contributed by atoms with Crippen LogP contribution in [0.4, 0.5) is 0 Å². The standard InChI is InChI=1S/CH2BIOP/c2-1-5(3)4/h1H2/q+1. The second-order valence-corrected chi connectivity index (χ2v) is 4.73. The molecule has 0 aromatic rings. The Bertz CT molecular complexity index is 46.9. The molecule has 0 N–H and O–H groups in total. The van der Waals surface area contributed by atoms with Gasteiger partial charge >= 0.3 is 5.44 Å². The largest absolute Gasteiger partial charge is 0.394 e. The van der Waals surface area contributed by atoms with Crippen molar-refractivity contribution in [2.24, 2.45) is 0 Å². The molecule has 0 amide bonds. The molecule has 0 aromatic carbocycles. The van der Waals surface area contributed by atoms with Crippen molar-refractivity contribution in [1.82, 2.24) is 0 Å². The van der Waals surface area contributed by atoms with Crippen LogP contribution in [0.2, 0.25) is 0 Å². The number of halogens is 1. The van der Waals surface area contributed by atoms with Gasteiger partial charge in [-0.3, -0.25) is 0 Å². The molecule has 0 aromatic heterocycles. The van der Waals surface area contributed by atoms with Crippen LogP contribution in [0, 0.1) is 0 Å². The second-order valence-electron chi connectivity index (χ2n) is 0.500.